The second kappa shape index (κ2) is 10.6. The summed E-state index contributed by atoms with van der Waals surface area (Å²) in [5, 5.41) is 2.90. The normalized spacial score (nSPS) is 11.9. The number of nitrogens with one attached hydrogen (secondary N) is 1. The molecule has 0 aliphatic rings. The fraction of sp³-hybridized carbons (Fsp3) is 0.391. The van der Waals surface area contributed by atoms with E-state index in [1.165, 1.54) is 12.1 Å². The first-order valence-electron chi connectivity index (χ1n) is 9.72. The molecule has 0 aromatic heterocycles. The molecule has 2 rings (SSSR count). The summed E-state index contributed by atoms with van der Waals surface area (Å²) in [4.78, 5) is 27.1. The van der Waals surface area contributed by atoms with Gasteiger partial charge in [-0.15, -0.1) is 0 Å². The molecular weight excluding hydrogens is 355 g/mol. The van der Waals surface area contributed by atoms with Gasteiger partial charge in [0.15, 0.2) is 0 Å². The standard InChI is InChI=1S/C23H29FN2O2/c1-17(2)16-25-23(28)18(3)26(14-13-19-7-5-4-6-8-19)22(27)15-20-9-11-21(24)12-10-20/h4-12,17-18H,13-16H2,1-3H3,(H,25,28)/t18-/m1/s1. The van der Waals surface area contributed by atoms with Crippen molar-refractivity contribution < 1.29 is 14.0 Å². The number of carbonyl (C=O) groups excluding carboxylic acids is 2. The van der Waals surface area contributed by atoms with E-state index in [-0.39, 0.29) is 24.1 Å². The van der Waals surface area contributed by atoms with Gasteiger partial charge in [0.2, 0.25) is 11.8 Å². The van der Waals surface area contributed by atoms with Crippen LogP contribution < -0.4 is 5.32 Å². The quantitative estimate of drug-likeness (QED) is 0.718. The minimum absolute atomic E-state index is 0.136. The Morgan fingerprint density at radius 3 is 2.21 bits per heavy atom. The van der Waals surface area contributed by atoms with E-state index >= 15 is 0 Å². The van der Waals surface area contributed by atoms with E-state index in [0.29, 0.717) is 25.4 Å². The largest absolute Gasteiger partial charge is 0.354 e. The predicted molar refractivity (Wildman–Crippen MR) is 109 cm³/mol. The van der Waals surface area contributed by atoms with Gasteiger partial charge in [0.05, 0.1) is 6.42 Å². The van der Waals surface area contributed by atoms with Crippen molar-refractivity contribution in [1.82, 2.24) is 10.2 Å². The molecule has 0 radical (unpaired) electrons. The van der Waals surface area contributed by atoms with E-state index in [9.17, 15) is 14.0 Å². The minimum atomic E-state index is -0.574. The van der Waals surface area contributed by atoms with Crippen molar-refractivity contribution in [3.05, 3.63) is 71.5 Å². The zero-order chi connectivity index (χ0) is 20.5. The van der Waals surface area contributed by atoms with Gasteiger partial charge in [-0.25, -0.2) is 4.39 Å². The molecule has 0 unspecified atom stereocenters. The summed E-state index contributed by atoms with van der Waals surface area (Å²) in [5.74, 6) is -0.300. The zero-order valence-electron chi connectivity index (χ0n) is 16.8. The fourth-order valence-electron chi connectivity index (χ4n) is 2.90. The van der Waals surface area contributed by atoms with Gasteiger partial charge in [0.1, 0.15) is 11.9 Å². The number of benzene rings is 2. The third-order valence-electron chi connectivity index (χ3n) is 4.60. The zero-order valence-corrected chi connectivity index (χ0v) is 16.8. The average Bonchev–Trinajstić information content (AvgIpc) is 2.68. The molecule has 5 heteroatoms. The van der Waals surface area contributed by atoms with Crippen molar-refractivity contribution >= 4 is 11.8 Å². The Labute approximate surface area is 166 Å². The van der Waals surface area contributed by atoms with Gasteiger partial charge in [-0.2, -0.15) is 0 Å². The Morgan fingerprint density at radius 1 is 0.964 bits per heavy atom. The predicted octanol–water partition coefficient (Wildman–Crippen LogP) is 3.60. The summed E-state index contributed by atoms with van der Waals surface area (Å²) in [7, 11) is 0. The highest BCUT2D eigenvalue weighted by Crippen LogP contribution is 2.11. The van der Waals surface area contributed by atoms with Gasteiger partial charge in [0, 0.05) is 13.1 Å². The van der Waals surface area contributed by atoms with Crippen LogP contribution >= 0.6 is 0 Å². The number of halogens is 1. The molecule has 0 aliphatic heterocycles. The van der Waals surface area contributed by atoms with Crippen molar-refractivity contribution in [3.63, 3.8) is 0 Å². The first-order valence-corrected chi connectivity index (χ1v) is 9.72. The third kappa shape index (κ3) is 6.80. The Hall–Kier alpha value is -2.69. The molecule has 0 spiro atoms. The van der Waals surface area contributed by atoms with E-state index < -0.39 is 6.04 Å². The molecule has 2 amide bonds. The number of carbonyl (C=O) groups is 2. The van der Waals surface area contributed by atoms with Crippen LogP contribution in [0.5, 0.6) is 0 Å². The molecule has 28 heavy (non-hydrogen) atoms. The van der Waals surface area contributed by atoms with Crippen LogP contribution in [0.2, 0.25) is 0 Å². The highest BCUT2D eigenvalue weighted by Gasteiger charge is 2.25. The molecule has 0 aliphatic carbocycles. The van der Waals surface area contributed by atoms with Crippen molar-refractivity contribution in [3.8, 4) is 0 Å². The maximum Gasteiger partial charge on any atom is 0.242 e. The molecular formula is C23H29FN2O2. The SMILES string of the molecule is CC(C)CNC(=O)[C@@H](C)N(CCc1ccccc1)C(=O)Cc1ccc(F)cc1. The number of hydrogen-bond acceptors (Lipinski definition) is 2. The first-order chi connectivity index (χ1) is 13.4. The first kappa shape index (κ1) is 21.6. The minimum Gasteiger partial charge on any atom is -0.354 e. The number of nitrogens with zero attached hydrogens (tertiary/aromatic N) is 1. The summed E-state index contributed by atoms with van der Waals surface area (Å²) >= 11 is 0. The van der Waals surface area contributed by atoms with Crippen LogP contribution in [-0.4, -0.2) is 35.8 Å². The summed E-state index contributed by atoms with van der Waals surface area (Å²) in [6, 6.07) is 15.2. The van der Waals surface area contributed by atoms with Crippen LogP contribution in [0.15, 0.2) is 54.6 Å². The molecule has 0 fully saturated rings. The average molecular weight is 384 g/mol. The third-order valence-corrected chi connectivity index (χ3v) is 4.60. The molecule has 1 N–H and O–H groups in total. The molecule has 0 saturated heterocycles. The molecule has 0 bridgehead atoms. The Morgan fingerprint density at radius 2 is 1.61 bits per heavy atom. The lowest BCUT2D eigenvalue weighted by molar-refractivity contribution is -0.139. The van der Waals surface area contributed by atoms with Gasteiger partial charge in [-0.3, -0.25) is 9.59 Å². The van der Waals surface area contributed by atoms with Crippen molar-refractivity contribution in [2.24, 2.45) is 5.92 Å². The van der Waals surface area contributed by atoms with Gasteiger partial charge in [-0.1, -0.05) is 56.3 Å². The molecule has 4 nitrogen and oxygen atoms in total. The van der Waals surface area contributed by atoms with Crippen LogP contribution in [0.3, 0.4) is 0 Å². The van der Waals surface area contributed by atoms with Crippen molar-refractivity contribution in [1.29, 1.82) is 0 Å². The van der Waals surface area contributed by atoms with E-state index in [2.05, 4.69) is 5.32 Å². The van der Waals surface area contributed by atoms with Gasteiger partial charge < -0.3 is 10.2 Å². The molecule has 150 valence electrons. The monoisotopic (exact) mass is 384 g/mol. The number of amides is 2. The summed E-state index contributed by atoms with van der Waals surface area (Å²) in [5.41, 5.74) is 1.84. The van der Waals surface area contributed by atoms with Crippen LogP contribution in [0, 0.1) is 11.7 Å². The Bertz CT molecular complexity index is 760. The molecule has 0 saturated carbocycles. The van der Waals surface area contributed by atoms with Crippen LogP contribution in [0.1, 0.15) is 31.9 Å². The lowest BCUT2D eigenvalue weighted by Crippen LogP contribution is -2.49. The Kier molecular flexibility index (Phi) is 8.18. The van der Waals surface area contributed by atoms with E-state index in [4.69, 9.17) is 0 Å². The van der Waals surface area contributed by atoms with E-state index in [1.807, 2.05) is 44.2 Å². The highest BCUT2D eigenvalue weighted by atomic mass is 19.1. The van der Waals surface area contributed by atoms with Crippen LogP contribution in [0.25, 0.3) is 0 Å². The number of hydrogen-bond donors (Lipinski definition) is 1. The molecule has 0 heterocycles. The van der Waals surface area contributed by atoms with Crippen molar-refractivity contribution in [2.75, 3.05) is 13.1 Å². The molecule has 2 aromatic rings. The summed E-state index contributed by atoms with van der Waals surface area (Å²) in [6.07, 6.45) is 0.800. The molecule has 1 atom stereocenters. The lowest BCUT2D eigenvalue weighted by atomic mass is 10.1. The van der Waals surface area contributed by atoms with Gasteiger partial charge in [0.25, 0.3) is 0 Å². The topological polar surface area (TPSA) is 49.4 Å². The van der Waals surface area contributed by atoms with Gasteiger partial charge >= 0.3 is 0 Å². The number of rotatable bonds is 9. The van der Waals surface area contributed by atoms with E-state index in [1.54, 1.807) is 24.0 Å². The lowest BCUT2D eigenvalue weighted by Gasteiger charge is -2.29. The summed E-state index contributed by atoms with van der Waals surface area (Å²) in [6.45, 7) is 6.82. The highest BCUT2D eigenvalue weighted by molar-refractivity contribution is 5.88. The molecule has 2 aromatic carbocycles. The second-order valence-corrected chi connectivity index (χ2v) is 7.44. The van der Waals surface area contributed by atoms with Crippen LogP contribution in [0.4, 0.5) is 4.39 Å². The fourth-order valence-corrected chi connectivity index (χ4v) is 2.90. The van der Waals surface area contributed by atoms with Crippen molar-refractivity contribution in [2.45, 2.75) is 39.7 Å². The smallest absolute Gasteiger partial charge is 0.242 e. The van der Waals surface area contributed by atoms with Crippen LogP contribution in [-0.2, 0) is 22.4 Å². The summed E-state index contributed by atoms with van der Waals surface area (Å²) < 4.78 is 13.1. The van der Waals surface area contributed by atoms with E-state index in [0.717, 1.165) is 11.1 Å². The Balaban J connectivity index is 2.10. The second-order valence-electron chi connectivity index (χ2n) is 7.44. The maximum absolute atomic E-state index is 13.1. The maximum atomic E-state index is 13.1. The van der Waals surface area contributed by atoms with Gasteiger partial charge in [-0.05, 0) is 42.5 Å².